The van der Waals surface area contributed by atoms with Crippen LogP contribution in [0.2, 0.25) is 0 Å². The molecule has 2 aromatic heterocycles. The summed E-state index contributed by atoms with van der Waals surface area (Å²) in [7, 11) is 0. The number of aryl methyl sites for hydroxylation is 1. The van der Waals surface area contributed by atoms with Crippen LogP contribution in [-0.4, -0.2) is 15.8 Å². The smallest absolute Gasteiger partial charge is 0.129 e. The van der Waals surface area contributed by atoms with Gasteiger partial charge in [0.25, 0.3) is 0 Å². The van der Waals surface area contributed by atoms with Crippen molar-refractivity contribution in [2.75, 3.05) is 0 Å². The number of thiophene rings is 1. The summed E-state index contributed by atoms with van der Waals surface area (Å²) in [6.07, 6.45) is 2.42. The third kappa shape index (κ3) is 2.76. The summed E-state index contributed by atoms with van der Waals surface area (Å²) in [6.45, 7) is 3.97. The number of hydrogen-bond donors (Lipinski definition) is 2. The Balaban J connectivity index is 1.71. The van der Waals surface area contributed by atoms with Crippen molar-refractivity contribution in [3.8, 4) is 17.2 Å². The van der Waals surface area contributed by atoms with Gasteiger partial charge in [-0.1, -0.05) is 12.1 Å². The summed E-state index contributed by atoms with van der Waals surface area (Å²) < 4.78 is 0. The predicted molar refractivity (Wildman–Crippen MR) is 102 cm³/mol. The van der Waals surface area contributed by atoms with Crippen LogP contribution in [0.15, 0.2) is 41.9 Å². The lowest BCUT2D eigenvalue weighted by atomic mass is 9.87. The van der Waals surface area contributed by atoms with Gasteiger partial charge in [-0.2, -0.15) is 5.26 Å². The lowest BCUT2D eigenvalue weighted by molar-refractivity contribution is 0.424. The quantitative estimate of drug-likeness (QED) is 0.729. The number of aromatic nitrogens is 2. The largest absolute Gasteiger partial charge is 0.359 e. The molecule has 1 aliphatic rings. The van der Waals surface area contributed by atoms with Crippen LogP contribution < -0.4 is 5.32 Å². The zero-order chi connectivity index (χ0) is 18.3. The van der Waals surface area contributed by atoms with E-state index in [9.17, 15) is 0 Å². The molecule has 0 bridgehead atoms. The van der Waals surface area contributed by atoms with Gasteiger partial charge in [0.1, 0.15) is 11.7 Å². The molecule has 128 valence electrons. The van der Waals surface area contributed by atoms with Gasteiger partial charge in [-0.05, 0) is 48.6 Å². The highest BCUT2D eigenvalue weighted by Gasteiger charge is 2.36. The van der Waals surface area contributed by atoms with Crippen LogP contribution in [-0.2, 0) is 12.0 Å². The van der Waals surface area contributed by atoms with E-state index >= 15 is 0 Å². The summed E-state index contributed by atoms with van der Waals surface area (Å²) in [5.74, 6) is 1.08. The van der Waals surface area contributed by atoms with E-state index in [-0.39, 0.29) is 5.54 Å². The normalized spacial score (nSPS) is 18.7. The van der Waals surface area contributed by atoms with Gasteiger partial charge >= 0.3 is 0 Å². The zero-order valence-electron chi connectivity index (χ0n) is 14.5. The molecule has 2 N–H and O–H groups in total. The summed E-state index contributed by atoms with van der Waals surface area (Å²) in [5.41, 5.74) is 4.05. The fourth-order valence-electron chi connectivity index (χ4n) is 3.28. The van der Waals surface area contributed by atoms with Crippen LogP contribution in [0.25, 0.3) is 11.1 Å². The maximum absolute atomic E-state index is 9.11. The maximum atomic E-state index is 9.11. The molecule has 0 amide bonds. The number of nitriles is 1. The molecule has 3 aromatic rings. The molecule has 1 aromatic carbocycles. The van der Waals surface area contributed by atoms with Crippen LogP contribution in [0.5, 0.6) is 0 Å². The number of benzene rings is 1. The minimum atomic E-state index is -0.388. The standard InChI is InChI=1S/C20H17N5S/c1-12-23-10-16-17(24-12)8-20(2,25-19(16)22)18-7-15(11-26-18)14-5-3-4-13(6-14)9-21/h3-7,10-11H,8H2,1-2H3,(H2,22,25)/t20-/m0/s1. The van der Waals surface area contributed by atoms with E-state index < -0.39 is 0 Å². The number of amidine groups is 1. The highest BCUT2D eigenvalue weighted by molar-refractivity contribution is 7.10. The van der Waals surface area contributed by atoms with E-state index in [1.165, 1.54) is 0 Å². The Labute approximate surface area is 155 Å². The van der Waals surface area contributed by atoms with E-state index in [0.29, 0.717) is 17.8 Å². The zero-order valence-corrected chi connectivity index (χ0v) is 15.3. The molecule has 0 radical (unpaired) electrons. The highest BCUT2D eigenvalue weighted by atomic mass is 32.1. The fraction of sp³-hybridized carbons (Fsp3) is 0.200. The minimum absolute atomic E-state index is 0.357. The van der Waals surface area contributed by atoms with E-state index in [4.69, 9.17) is 10.7 Å². The topological polar surface area (TPSA) is 85.5 Å². The van der Waals surface area contributed by atoms with Gasteiger partial charge in [0, 0.05) is 17.5 Å². The highest BCUT2D eigenvalue weighted by Crippen LogP contribution is 2.37. The van der Waals surface area contributed by atoms with Gasteiger partial charge < -0.3 is 5.32 Å². The number of hydrogen-bond acceptors (Lipinski definition) is 5. The number of nitrogens with one attached hydrogen (secondary N) is 2. The maximum Gasteiger partial charge on any atom is 0.129 e. The molecule has 0 spiro atoms. The molecular formula is C20H17N5S. The van der Waals surface area contributed by atoms with Crippen LogP contribution >= 0.6 is 11.3 Å². The van der Waals surface area contributed by atoms with Gasteiger partial charge in [0.05, 0.1) is 28.4 Å². The Morgan fingerprint density at radius 3 is 2.96 bits per heavy atom. The minimum Gasteiger partial charge on any atom is -0.359 e. The lowest BCUT2D eigenvalue weighted by Crippen LogP contribution is -2.49. The number of nitrogens with zero attached hydrogens (tertiary/aromatic N) is 3. The van der Waals surface area contributed by atoms with Crippen molar-refractivity contribution in [2.24, 2.45) is 0 Å². The molecule has 0 saturated heterocycles. The average molecular weight is 359 g/mol. The van der Waals surface area contributed by atoms with Gasteiger partial charge in [-0.3, -0.25) is 5.41 Å². The third-order valence-corrected chi connectivity index (χ3v) is 5.84. The lowest BCUT2D eigenvalue weighted by Gasteiger charge is -2.35. The van der Waals surface area contributed by atoms with Crippen LogP contribution in [0.4, 0.5) is 0 Å². The molecule has 0 saturated carbocycles. The summed E-state index contributed by atoms with van der Waals surface area (Å²) in [5, 5.41) is 22.9. The Kier molecular flexibility index (Phi) is 3.82. The first-order valence-electron chi connectivity index (χ1n) is 8.28. The summed E-state index contributed by atoms with van der Waals surface area (Å²) >= 11 is 1.66. The summed E-state index contributed by atoms with van der Waals surface area (Å²) in [4.78, 5) is 9.90. The average Bonchev–Trinajstić information content (AvgIpc) is 3.12. The van der Waals surface area contributed by atoms with Crippen LogP contribution in [0.3, 0.4) is 0 Å². The first-order valence-corrected chi connectivity index (χ1v) is 9.16. The van der Waals surface area contributed by atoms with Crippen molar-refractivity contribution in [1.29, 1.82) is 10.7 Å². The van der Waals surface area contributed by atoms with Crippen molar-refractivity contribution >= 4 is 17.2 Å². The van der Waals surface area contributed by atoms with Crippen molar-refractivity contribution in [3.05, 3.63) is 69.4 Å². The van der Waals surface area contributed by atoms with Crippen molar-refractivity contribution in [3.63, 3.8) is 0 Å². The molecule has 0 unspecified atom stereocenters. The molecule has 1 atom stereocenters. The van der Waals surface area contributed by atoms with Gasteiger partial charge in [-0.15, -0.1) is 11.3 Å². The van der Waals surface area contributed by atoms with Gasteiger partial charge in [-0.25, -0.2) is 9.97 Å². The second kappa shape index (κ2) is 6.04. The molecule has 6 heteroatoms. The van der Waals surface area contributed by atoms with Gasteiger partial charge in [0.15, 0.2) is 0 Å². The molecule has 4 rings (SSSR count). The molecule has 0 aliphatic carbocycles. The molecule has 3 heterocycles. The summed E-state index contributed by atoms with van der Waals surface area (Å²) in [6, 6.07) is 11.9. The van der Waals surface area contributed by atoms with Crippen LogP contribution in [0.1, 0.15) is 34.4 Å². The SMILES string of the molecule is Cc1ncc2c(n1)C[C@@](C)(c1cc(-c3cccc(C#N)c3)cs1)NC2=N. The number of rotatable bonds is 2. The fourth-order valence-corrected chi connectivity index (χ4v) is 4.31. The Hall–Kier alpha value is -3.04. The van der Waals surface area contributed by atoms with Crippen molar-refractivity contribution in [1.82, 2.24) is 15.3 Å². The Morgan fingerprint density at radius 2 is 2.15 bits per heavy atom. The first-order chi connectivity index (χ1) is 12.5. The van der Waals surface area contributed by atoms with E-state index in [1.807, 2.05) is 25.1 Å². The Bertz CT molecular complexity index is 1060. The van der Waals surface area contributed by atoms with E-state index in [1.54, 1.807) is 23.6 Å². The van der Waals surface area contributed by atoms with Gasteiger partial charge in [0.2, 0.25) is 0 Å². The second-order valence-corrected chi connectivity index (χ2v) is 7.59. The van der Waals surface area contributed by atoms with E-state index in [2.05, 4.69) is 39.7 Å². The van der Waals surface area contributed by atoms with Crippen molar-refractivity contribution < 1.29 is 0 Å². The van der Waals surface area contributed by atoms with Crippen LogP contribution in [0, 0.1) is 23.7 Å². The number of fused-ring (bicyclic) bond motifs is 1. The molecule has 0 fully saturated rings. The van der Waals surface area contributed by atoms with Crippen molar-refractivity contribution in [2.45, 2.75) is 25.8 Å². The first kappa shape index (κ1) is 16.4. The molecule has 1 aliphatic heterocycles. The predicted octanol–water partition coefficient (Wildman–Crippen LogP) is 3.77. The molecular weight excluding hydrogens is 342 g/mol. The molecule has 5 nitrogen and oxygen atoms in total. The van der Waals surface area contributed by atoms with E-state index in [0.717, 1.165) is 33.1 Å². The second-order valence-electron chi connectivity index (χ2n) is 6.68. The molecule has 26 heavy (non-hydrogen) atoms. The third-order valence-electron chi connectivity index (χ3n) is 4.65. The monoisotopic (exact) mass is 359 g/mol. The Morgan fingerprint density at radius 1 is 1.31 bits per heavy atom.